The monoisotopic (exact) mass is 237 g/mol. The summed E-state index contributed by atoms with van der Waals surface area (Å²) in [7, 11) is 0. The van der Waals surface area contributed by atoms with E-state index in [2.05, 4.69) is 5.32 Å². The average molecular weight is 237 g/mol. The number of nitrogens with one attached hydrogen (secondary N) is 1. The van der Waals surface area contributed by atoms with Gasteiger partial charge in [-0.25, -0.2) is 4.39 Å². The van der Waals surface area contributed by atoms with Gasteiger partial charge in [0, 0.05) is 38.3 Å². The van der Waals surface area contributed by atoms with Crippen molar-refractivity contribution >= 4 is 11.6 Å². The summed E-state index contributed by atoms with van der Waals surface area (Å²) in [4.78, 5) is 13.2. The second kappa shape index (κ2) is 5.14. The van der Waals surface area contributed by atoms with E-state index in [1.54, 1.807) is 0 Å². The van der Waals surface area contributed by atoms with Gasteiger partial charge in [-0.3, -0.25) is 4.79 Å². The molecular weight excluding hydrogens is 221 g/mol. The van der Waals surface area contributed by atoms with Gasteiger partial charge in [0.05, 0.1) is 0 Å². The first kappa shape index (κ1) is 11.9. The number of hydrogen-bond donors (Lipinski definition) is 2. The van der Waals surface area contributed by atoms with Crippen molar-refractivity contribution in [1.82, 2.24) is 5.32 Å². The highest BCUT2D eigenvalue weighted by Crippen LogP contribution is 2.19. The van der Waals surface area contributed by atoms with Crippen LogP contribution in [0.3, 0.4) is 0 Å². The molecule has 0 aromatic heterocycles. The lowest BCUT2D eigenvalue weighted by Gasteiger charge is -2.22. The maximum atomic E-state index is 13.4. The number of carbonyl (C=O) groups excluding carboxylic acids is 1. The van der Waals surface area contributed by atoms with E-state index in [1.165, 1.54) is 12.1 Å². The lowest BCUT2D eigenvalue weighted by atomic mass is 10.1. The minimum absolute atomic E-state index is 0.0444. The van der Waals surface area contributed by atoms with Gasteiger partial charge in [-0.1, -0.05) is 0 Å². The molecule has 2 rings (SSSR count). The number of nitrogens with zero attached hydrogens (tertiary/aromatic N) is 1. The molecule has 1 aliphatic rings. The molecule has 0 radical (unpaired) electrons. The number of rotatable bonds is 2. The summed E-state index contributed by atoms with van der Waals surface area (Å²) in [6, 6.07) is 4.79. The van der Waals surface area contributed by atoms with Gasteiger partial charge in [0.2, 0.25) is 5.91 Å². The third-order valence-electron chi connectivity index (χ3n) is 2.86. The van der Waals surface area contributed by atoms with Crippen LogP contribution in [0.1, 0.15) is 12.0 Å². The molecule has 1 aromatic carbocycles. The highest BCUT2D eigenvalue weighted by molar-refractivity contribution is 5.77. The van der Waals surface area contributed by atoms with E-state index in [4.69, 9.17) is 5.73 Å². The molecule has 0 bridgehead atoms. The van der Waals surface area contributed by atoms with Crippen molar-refractivity contribution in [3.8, 4) is 0 Å². The summed E-state index contributed by atoms with van der Waals surface area (Å²) in [6.07, 6.45) is 0.439. The molecule has 0 aliphatic carbocycles. The van der Waals surface area contributed by atoms with Crippen LogP contribution in [0.25, 0.3) is 0 Å². The number of hydrogen-bond acceptors (Lipinski definition) is 3. The van der Waals surface area contributed by atoms with Gasteiger partial charge in [0.15, 0.2) is 0 Å². The van der Waals surface area contributed by atoms with Crippen molar-refractivity contribution in [2.75, 3.05) is 24.5 Å². The van der Waals surface area contributed by atoms with Crippen LogP contribution in [0.15, 0.2) is 18.2 Å². The normalized spacial score (nSPS) is 16.6. The maximum absolute atomic E-state index is 13.4. The van der Waals surface area contributed by atoms with Crippen LogP contribution >= 0.6 is 0 Å². The average Bonchev–Trinajstić information content (AvgIpc) is 2.53. The molecule has 0 saturated carbocycles. The van der Waals surface area contributed by atoms with Gasteiger partial charge >= 0.3 is 0 Å². The van der Waals surface area contributed by atoms with Crippen LogP contribution in [0.5, 0.6) is 0 Å². The molecule has 1 fully saturated rings. The summed E-state index contributed by atoms with van der Waals surface area (Å²) in [5.74, 6) is -0.241. The largest absolute Gasteiger partial charge is 0.369 e. The molecule has 5 heteroatoms. The zero-order chi connectivity index (χ0) is 12.3. The van der Waals surface area contributed by atoms with Crippen molar-refractivity contribution < 1.29 is 9.18 Å². The third kappa shape index (κ3) is 2.94. The minimum Gasteiger partial charge on any atom is -0.369 e. The SMILES string of the molecule is NCc1cc(F)cc(N2CCNC(=O)CC2)c1. The van der Waals surface area contributed by atoms with E-state index in [0.717, 1.165) is 11.3 Å². The molecule has 92 valence electrons. The Balaban J connectivity index is 2.20. The smallest absolute Gasteiger partial charge is 0.221 e. The van der Waals surface area contributed by atoms with Crippen molar-refractivity contribution in [2.24, 2.45) is 5.73 Å². The number of benzene rings is 1. The molecule has 1 amide bonds. The van der Waals surface area contributed by atoms with Gasteiger partial charge in [-0.2, -0.15) is 0 Å². The lowest BCUT2D eigenvalue weighted by Crippen LogP contribution is -2.28. The molecule has 0 spiro atoms. The van der Waals surface area contributed by atoms with E-state index in [0.29, 0.717) is 32.6 Å². The summed E-state index contributed by atoms with van der Waals surface area (Å²) < 4.78 is 13.4. The van der Waals surface area contributed by atoms with Gasteiger partial charge in [-0.15, -0.1) is 0 Å². The third-order valence-corrected chi connectivity index (χ3v) is 2.86. The first-order valence-corrected chi connectivity index (χ1v) is 5.70. The molecule has 0 unspecified atom stereocenters. The van der Waals surface area contributed by atoms with Crippen LogP contribution < -0.4 is 16.0 Å². The summed E-state index contributed by atoms with van der Waals surface area (Å²) in [5.41, 5.74) is 7.08. The van der Waals surface area contributed by atoms with Gasteiger partial charge in [0.25, 0.3) is 0 Å². The van der Waals surface area contributed by atoms with Crippen LogP contribution in [0, 0.1) is 5.82 Å². The number of carbonyl (C=O) groups is 1. The molecule has 1 aromatic rings. The van der Waals surface area contributed by atoms with Crippen LogP contribution in [-0.4, -0.2) is 25.5 Å². The van der Waals surface area contributed by atoms with Crippen molar-refractivity contribution in [3.05, 3.63) is 29.6 Å². The molecule has 0 atom stereocenters. The number of amides is 1. The van der Waals surface area contributed by atoms with Gasteiger partial charge in [-0.05, 0) is 23.8 Å². The molecule has 1 aliphatic heterocycles. The molecule has 17 heavy (non-hydrogen) atoms. The second-order valence-corrected chi connectivity index (χ2v) is 4.11. The quantitative estimate of drug-likeness (QED) is 0.792. The lowest BCUT2D eigenvalue weighted by molar-refractivity contribution is -0.120. The van der Waals surface area contributed by atoms with Gasteiger partial charge < -0.3 is 16.0 Å². The summed E-state index contributed by atoms with van der Waals surface area (Å²) >= 11 is 0. The fourth-order valence-corrected chi connectivity index (χ4v) is 1.96. The van der Waals surface area contributed by atoms with Crippen molar-refractivity contribution in [1.29, 1.82) is 0 Å². The number of nitrogens with two attached hydrogens (primary N) is 1. The van der Waals surface area contributed by atoms with Crippen LogP contribution in [0.4, 0.5) is 10.1 Å². The van der Waals surface area contributed by atoms with Gasteiger partial charge in [0.1, 0.15) is 5.82 Å². The predicted molar refractivity (Wildman–Crippen MR) is 64.1 cm³/mol. The fraction of sp³-hybridized carbons (Fsp3) is 0.417. The first-order chi connectivity index (χ1) is 8.19. The highest BCUT2D eigenvalue weighted by atomic mass is 19.1. The van der Waals surface area contributed by atoms with Crippen molar-refractivity contribution in [3.63, 3.8) is 0 Å². The number of anilines is 1. The second-order valence-electron chi connectivity index (χ2n) is 4.11. The van der Waals surface area contributed by atoms with Crippen LogP contribution in [0.2, 0.25) is 0 Å². The Hall–Kier alpha value is -1.62. The fourth-order valence-electron chi connectivity index (χ4n) is 1.96. The van der Waals surface area contributed by atoms with Crippen LogP contribution in [-0.2, 0) is 11.3 Å². The standard InChI is InChI=1S/C12H16FN3O/c13-10-5-9(8-14)6-11(7-10)16-3-1-12(17)15-2-4-16/h5-7H,1-4,8,14H2,(H,15,17). The molecule has 1 heterocycles. The molecular formula is C12H16FN3O. The number of halogens is 1. The van der Waals surface area contributed by atoms with E-state index in [1.807, 2.05) is 11.0 Å². The summed E-state index contributed by atoms with van der Waals surface area (Å²) in [6.45, 7) is 2.21. The zero-order valence-electron chi connectivity index (χ0n) is 9.58. The summed E-state index contributed by atoms with van der Waals surface area (Å²) in [5, 5.41) is 2.79. The highest BCUT2D eigenvalue weighted by Gasteiger charge is 2.14. The molecule has 3 N–H and O–H groups in total. The maximum Gasteiger partial charge on any atom is 0.221 e. The Bertz CT molecular complexity index is 422. The van der Waals surface area contributed by atoms with E-state index >= 15 is 0 Å². The Morgan fingerprint density at radius 3 is 2.94 bits per heavy atom. The Morgan fingerprint density at radius 2 is 2.18 bits per heavy atom. The van der Waals surface area contributed by atoms with E-state index in [-0.39, 0.29) is 11.7 Å². The van der Waals surface area contributed by atoms with E-state index in [9.17, 15) is 9.18 Å². The topological polar surface area (TPSA) is 58.4 Å². The van der Waals surface area contributed by atoms with Crippen molar-refractivity contribution in [2.45, 2.75) is 13.0 Å². The molecule has 4 nitrogen and oxygen atoms in total. The Kier molecular flexibility index (Phi) is 3.58. The Morgan fingerprint density at radius 1 is 1.35 bits per heavy atom. The minimum atomic E-state index is -0.286. The zero-order valence-corrected chi connectivity index (χ0v) is 9.58. The Labute approximate surface area is 99.6 Å². The van der Waals surface area contributed by atoms with E-state index < -0.39 is 0 Å². The predicted octanol–water partition coefficient (Wildman–Crippen LogP) is 0.611. The first-order valence-electron chi connectivity index (χ1n) is 5.70. The molecule has 1 saturated heterocycles.